The third-order valence-corrected chi connectivity index (χ3v) is 5.36. The SMILES string of the molecule is COCCN(C)CCCC(C(C)C)N1CC2(CCNC2)C1. The van der Waals surface area contributed by atoms with Crippen molar-refractivity contribution in [2.75, 3.05) is 60.0 Å². The third kappa shape index (κ3) is 4.65. The molecule has 0 radical (unpaired) electrons. The first kappa shape index (κ1) is 17.2. The summed E-state index contributed by atoms with van der Waals surface area (Å²) in [4.78, 5) is 5.13. The van der Waals surface area contributed by atoms with Crippen LogP contribution in [0.5, 0.6) is 0 Å². The van der Waals surface area contributed by atoms with Gasteiger partial charge in [-0.05, 0) is 45.3 Å². The maximum Gasteiger partial charge on any atom is 0.0589 e. The summed E-state index contributed by atoms with van der Waals surface area (Å²) in [5.74, 6) is 0.765. The molecular formula is C17H35N3O. The Morgan fingerprint density at radius 3 is 2.62 bits per heavy atom. The van der Waals surface area contributed by atoms with Gasteiger partial charge in [0.15, 0.2) is 0 Å². The quantitative estimate of drug-likeness (QED) is 0.700. The van der Waals surface area contributed by atoms with Crippen LogP contribution in [0.25, 0.3) is 0 Å². The maximum absolute atomic E-state index is 5.14. The molecule has 1 N–H and O–H groups in total. The second-order valence-electron chi connectivity index (χ2n) is 7.58. The molecule has 1 spiro atoms. The molecule has 4 heteroatoms. The number of hydrogen-bond donors (Lipinski definition) is 1. The zero-order valence-electron chi connectivity index (χ0n) is 14.5. The van der Waals surface area contributed by atoms with Crippen LogP contribution in [0.1, 0.15) is 33.1 Å². The molecular weight excluding hydrogens is 262 g/mol. The van der Waals surface area contributed by atoms with Crippen molar-refractivity contribution in [3.05, 3.63) is 0 Å². The van der Waals surface area contributed by atoms with Gasteiger partial charge < -0.3 is 15.0 Å². The molecule has 2 rings (SSSR count). The van der Waals surface area contributed by atoms with E-state index < -0.39 is 0 Å². The van der Waals surface area contributed by atoms with Crippen LogP contribution in [0.15, 0.2) is 0 Å². The minimum absolute atomic E-state index is 0.627. The fraction of sp³-hybridized carbons (Fsp3) is 1.00. The summed E-state index contributed by atoms with van der Waals surface area (Å²) in [5.41, 5.74) is 0.627. The molecule has 4 nitrogen and oxygen atoms in total. The van der Waals surface area contributed by atoms with Crippen LogP contribution in [0, 0.1) is 11.3 Å². The summed E-state index contributed by atoms with van der Waals surface area (Å²) in [5, 5.41) is 3.54. The lowest BCUT2D eigenvalue weighted by molar-refractivity contribution is -0.0354. The Hall–Kier alpha value is -0.160. The van der Waals surface area contributed by atoms with Crippen LogP contribution in [-0.2, 0) is 4.74 Å². The van der Waals surface area contributed by atoms with Crippen molar-refractivity contribution in [2.45, 2.75) is 39.2 Å². The van der Waals surface area contributed by atoms with Gasteiger partial charge in [0.1, 0.15) is 0 Å². The molecule has 2 aliphatic heterocycles. The molecule has 0 amide bonds. The van der Waals surface area contributed by atoms with Gasteiger partial charge in [-0.1, -0.05) is 13.8 Å². The highest BCUT2D eigenvalue weighted by Gasteiger charge is 2.47. The standard InChI is InChI=1S/C17H35N3O/c1-15(2)16(6-5-9-19(3)10-11-21-4)20-13-17(14-20)7-8-18-12-17/h15-16,18H,5-14H2,1-4H3. The van der Waals surface area contributed by atoms with Crippen molar-refractivity contribution in [3.8, 4) is 0 Å². The molecule has 0 aromatic heterocycles. The Morgan fingerprint density at radius 1 is 1.29 bits per heavy atom. The number of rotatable bonds is 9. The fourth-order valence-corrected chi connectivity index (χ4v) is 3.98. The van der Waals surface area contributed by atoms with Gasteiger partial charge in [-0.15, -0.1) is 0 Å². The summed E-state index contributed by atoms with van der Waals surface area (Å²) >= 11 is 0. The van der Waals surface area contributed by atoms with Crippen LogP contribution >= 0.6 is 0 Å². The van der Waals surface area contributed by atoms with Crippen LogP contribution < -0.4 is 5.32 Å². The molecule has 2 aliphatic rings. The molecule has 0 aromatic carbocycles. The molecule has 0 bridgehead atoms. The number of likely N-dealkylation sites (tertiary alicyclic amines) is 1. The van der Waals surface area contributed by atoms with Gasteiger partial charge in [-0.3, -0.25) is 4.90 Å². The molecule has 21 heavy (non-hydrogen) atoms. The van der Waals surface area contributed by atoms with E-state index in [0.717, 1.165) is 25.1 Å². The molecule has 2 fully saturated rings. The van der Waals surface area contributed by atoms with Crippen molar-refractivity contribution >= 4 is 0 Å². The highest BCUT2D eigenvalue weighted by molar-refractivity contribution is 5.02. The lowest BCUT2D eigenvalue weighted by Crippen LogP contribution is -2.61. The molecule has 1 unspecified atom stereocenters. The largest absolute Gasteiger partial charge is 0.383 e. The van der Waals surface area contributed by atoms with E-state index in [4.69, 9.17) is 4.74 Å². The predicted molar refractivity (Wildman–Crippen MR) is 88.7 cm³/mol. The number of ether oxygens (including phenoxy) is 1. The van der Waals surface area contributed by atoms with Crippen molar-refractivity contribution < 1.29 is 4.74 Å². The zero-order valence-corrected chi connectivity index (χ0v) is 14.5. The van der Waals surface area contributed by atoms with Gasteiger partial charge in [0, 0.05) is 44.7 Å². The van der Waals surface area contributed by atoms with Crippen LogP contribution in [0.4, 0.5) is 0 Å². The minimum Gasteiger partial charge on any atom is -0.383 e. The summed E-state index contributed by atoms with van der Waals surface area (Å²) < 4.78 is 5.14. The van der Waals surface area contributed by atoms with Crippen LogP contribution in [0.3, 0.4) is 0 Å². The van der Waals surface area contributed by atoms with Crippen LogP contribution in [0.2, 0.25) is 0 Å². The van der Waals surface area contributed by atoms with Gasteiger partial charge in [0.05, 0.1) is 6.61 Å². The second-order valence-corrected chi connectivity index (χ2v) is 7.58. The lowest BCUT2D eigenvalue weighted by atomic mass is 9.76. The summed E-state index contributed by atoms with van der Waals surface area (Å²) in [6.07, 6.45) is 4.01. The van der Waals surface area contributed by atoms with Crippen molar-refractivity contribution in [3.63, 3.8) is 0 Å². The summed E-state index contributed by atoms with van der Waals surface area (Å²) in [7, 11) is 3.98. The maximum atomic E-state index is 5.14. The van der Waals surface area contributed by atoms with Crippen molar-refractivity contribution in [1.82, 2.24) is 15.1 Å². The number of methoxy groups -OCH3 is 1. The van der Waals surface area contributed by atoms with E-state index in [0.29, 0.717) is 5.41 Å². The number of nitrogens with one attached hydrogen (secondary N) is 1. The predicted octanol–water partition coefficient (Wildman–Crippen LogP) is 1.66. The Kier molecular flexibility index (Phi) is 6.48. The molecule has 0 aromatic rings. The molecule has 1 atom stereocenters. The van der Waals surface area contributed by atoms with Crippen LogP contribution in [-0.4, -0.2) is 75.9 Å². The normalized spacial score (nSPS) is 23.1. The summed E-state index contributed by atoms with van der Waals surface area (Å²) in [6.45, 7) is 13.0. The first-order valence-electron chi connectivity index (χ1n) is 8.68. The smallest absolute Gasteiger partial charge is 0.0589 e. The molecule has 0 aliphatic carbocycles. The van der Waals surface area contributed by atoms with Gasteiger partial charge in [0.25, 0.3) is 0 Å². The third-order valence-electron chi connectivity index (χ3n) is 5.36. The average molecular weight is 297 g/mol. The van der Waals surface area contributed by atoms with E-state index in [-0.39, 0.29) is 0 Å². The number of likely N-dealkylation sites (N-methyl/N-ethyl adjacent to an activating group) is 1. The second kappa shape index (κ2) is 7.91. The first-order chi connectivity index (χ1) is 10.1. The van der Waals surface area contributed by atoms with Crippen molar-refractivity contribution in [2.24, 2.45) is 11.3 Å². The molecule has 2 saturated heterocycles. The van der Waals surface area contributed by atoms with Crippen molar-refractivity contribution in [1.29, 1.82) is 0 Å². The fourth-order valence-electron chi connectivity index (χ4n) is 3.98. The molecule has 0 saturated carbocycles. The highest BCUT2D eigenvalue weighted by Crippen LogP contribution is 2.39. The Morgan fingerprint density at radius 2 is 2.05 bits per heavy atom. The Labute approximate surface area is 131 Å². The monoisotopic (exact) mass is 297 g/mol. The molecule has 2 heterocycles. The summed E-state index contributed by atoms with van der Waals surface area (Å²) in [6, 6.07) is 0.770. The molecule has 124 valence electrons. The number of nitrogens with zero attached hydrogens (tertiary/aromatic N) is 2. The van der Waals surface area contributed by atoms with E-state index >= 15 is 0 Å². The zero-order chi connectivity index (χ0) is 15.3. The average Bonchev–Trinajstić information content (AvgIpc) is 2.89. The van der Waals surface area contributed by atoms with Gasteiger partial charge in [-0.25, -0.2) is 0 Å². The van der Waals surface area contributed by atoms with Gasteiger partial charge in [-0.2, -0.15) is 0 Å². The van der Waals surface area contributed by atoms with Gasteiger partial charge in [0.2, 0.25) is 0 Å². The topological polar surface area (TPSA) is 27.7 Å². The van der Waals surface area contributed by atoms with E-state index in [1.807, 2.05) is 0 Å². The first-order valence-corrected chi connectivity index (χ1v) is 8.68. The van der Waals surface area contributed by atoms with E-state index in [2.05, 4.69) is 36.0 Å². The Balaban J connectivity index is 1.68. The van der Waals surface area contributed by atoms with E-state index in [1.54, 1.807) is 7.11 Å². The Bertz CT molecular complexity index is 294. The van der Waals surface area contributed by atoms with E-state index in [1.165, 1.54) is 52.0 Å². The van der Waals surface area contributed by atoms with Gasteiger partial charge >= 0.3 is 0 Å². The minimum atomic E-state index is 0.627. The van der Waals surface area contributed by atoms with E-state index in [9.17, 15) is 0 Å². The highest BCUT2D eigenvalue weighted by atomic mass is 16.5. The number of hydrogen-bond acceptors (Lipinski definition) is 4. The lowest BCUT2D eigenvalue weighted by Gasteiger charge is -2.52.